The van der Waals surface area contributed by atoms with Crippen LogP contribution in [0.3, 0.4) is 0 Å². The first kappa shape index (κ1) is 15.9. The molecule has 0 aromatic carbocycles. The third-order valence-electron chi connectivity index (χ3n) is 0. The van der Waals surface area contributed by atoms with E-state index in [-0.39, 0.29) is 25.9 Å². The van der Waals surface area contributed by atoms with Gasteiger partial charge in [-0.05, 0) is 13.8 Å². The molecule has 0 heterocycles. The van der Waals surface area contributed by atoms with Crippen LogP contribution in [0.4, 0.5) is 0 Å². The van der Waals surface area contributed by atoms with Gasteiger partial charge in [-0.25, -0.2) is 0 Å². The van der Waals surface area contributed by atoms with Gasteiger partial charge in [-0.15, -0.1) is 0 Å². The van der Waals surface area contributed by atoms with Gasteiger partial charge in [0, 0.05) is 27.0 Å². The van der Waals surface area contributed by atoms with E-state index >= 15 is 0 Å². The van der Waals surface area contributed by atoms with Crippen molar-refractivity contribution in [3.8, 4) is 0 Å². The van der Waals surface area contributed by atoms with E-state index in [1.807, 2.05) is 0 Å². The Morgan fingerprint density at radius 1 is 1.11 bits per heavy atom. The summed E-state index contributed by atoms with van der Waals surface area (Å²) in [4.78, 5) is 18.4. The summed E-state index contributed by atoms with van der Waals surface area (Å²) in [5.74, 6) is -0.667. The molecule has 1 radical (unpaired) electrons. The third kappa shape index (κ3) is 5880. The zero-order valence-electron chi connectivity index (χ0n) is 5.60. The molecular formula is C5H10IrO3. The van der Waals surface area contributed by atoms with Crippen LogP contribution in [-0.2, 0) is 29.7 Å². The van der Waals surface area contributed by atoms with E-state index < -0.39 is 5.97 Å². The molecular weight excluding hydrogens is 300 g/mol. The van der Waals surface area contributed by atoms with Crippen molar-refractivity contribution in [3.63, 3.8) is 0 Å². The van der Waals surface area contributed by atoms with Crippen molar-refractivity contribution >= 4 is 11.8 Å². The summed E-state index contributed by atoms with van der Waals surface area (Å²) >= 11 is 0. The molecule has 0 bridgehead atoms. The molecule has 0 aliphatic heterocycles. The second kappa shape index (κ2) is 10.7. The molecule has 0 fully saturated rings. The van der Waals surface area contributed by atoms with Crippen LogP contribution < -0.4 is 0 Å². The van der Waals surface area contributed by atoms with Crippen LogP contribution in [-0.4, -0.2) is 16.9 Å². The van der Waals surface area contributed by atoms with Gasteiger partial charge < -0.3 is 9.90 Å². The summed E-state index contributed by atoms with van der Waals surface area (Å²) in [6.07, 6.45) is 0. The molecule has 0 aromatic rings. The number of carbonyl (C=O) groups excluding carboxylic acids is 1. The van der Waals surface area contributed by atoms with E-state index in [2.05, 4.69) is 0 Å². The Morgan fingerprint density at radius 2 is 1.11 bits per heavy atom. The van der Waals surface area contributed by atoms with Crippen molar-refractivity contribution in [1.82, 2.24) is 0 Å². The van der Waals surface area contributed by atoms with Gasteiger partial charge in [0.1, 0.15) is 5.78 Å². The molecule has 57 valence electrons. The minimum atomic E-state index is -0.833. The van der Waals surface area contributed by atoms with Gasteiger partial charge in [0.25, 0.3) is 5.97 Å². The Kier molecular flexibility index (Phi) is 18.9. The number of aliphatic carboxylic acids is 1. The number of carboxylic acids is 1. The van der Waals surface area contributed by atoms with E-state index in [0.29, 0.717) is 0 Å². The van der Waals surface area contributed by atoms with Crippen LogP contribution in [0.15, 0.2) is 0 Å². The molecule has 0 amide bonds. The van der Waals surface area contributed by atoms with Crippen molar-refractivity contribution < 1.29 is 34.8 Å². The topological polar surface area (TPSA) is 54.4 Å². The van der Waals surface area contributed by atoms with Gasteiger partial charge in [-0.3, -0.25) is 4.79 Å². The maximum atomic E-state index is 9.44. The van der Waals surface area contributed by atoms with E-state index in [0.717, 1.165) is 6.92 Å². The van der Waals surface area contributed by atoms with Crippen LogP contribution in [0.2, 0.25) is 0 Å². The van der Waals surface area contributed by atoms with Gasteiger partial charge in [-0.2, -0.15) is 0 Å². The fourth-order valence-electron chi connectivity index (χ4n) is 0. The van der Waals surface area contributed by atoms with E-state index in [1.165, 1.54) is 13.8 Å². The Balaban J connectivity index is -0.0000000720. The fraction of sp³-hybridized carbons (Fsp3) is 0.600. The average Bonchev–Trinajstić information content (AvgIpc) is 1.25. The summed E-state index contributed by atoms with van der Waals surface area (Å²) < 4.78 is 0. The number of carboxylic acid groups (broad SMARTS) is 1. The smallest absolute Gasteiger partial charge is 0.300 e. The zero-order valence-corrected chi connectivity index (χ0v) is 7.99. The van der Waals surface area contributed by atoms with Crippen molar-refractivity contribution in [2.24, 2.45) is 0 Å². The zero-order chi connectivity index (χ0) is 7.15. The van der Waals surface area contributed by atoms with Gasteiger partial charge in [-0.1, -0.05) is 0 Å². The molecule has 1 N–H and O–H groups in total. The van der Waals surface area contributed by atoms with Crippen LogP contribution >= 0.6 is 0 Å². The van der Waals surface area contributed by atoms with Crippen molar-refractivity contribution in [3.05, 3.63) is 0 Å². The largest absolute Gasteiger partial charge is 0.481 e. The summed E-state index contributed by atoms with van der Waals surface area (Å²) in [5.41, 5.74) is 0. The molecule has 0 saturated carbocycles. The van der Waals surface area contributed by atoms with Crippen LogP contribution in [0, 0.1) is 0 Å². The van der Waals surface area contributed by atoms with Gasteiger partial charge in [0.05, 0.1) is 0 Å². The first-order valence-electron chi connectivity index (χ1n) is 2.13. The fourth-order valence-corrected chi connectivity index (χ4v) is 0. The average molecular weight is 310 g/mol. The third-order valence-corrected chi connectivity index (χ3v) is 0. The standard InChI is InChI=1S/C3H6O.C2H4O2.Ir/c1-3(2)4;1-2(3)4;/h1-2H3;1H3,(H,3,4);. The van der Waals surface area contributed by atoms with E-state index in [9.17, 15) is 4.79 Å². The maximum absolute atomic E-state index is 9.44. The molecule has 0 aliphatic carbocycles. The Bertz CT molecular complexity index is 70.2. The predicted molar refractivity (Wildman–Crippen MR) is 29.7 cm³/mol. The molecule has 4 heteroatoms. The number of rotatable bonds is 0. The number of hydrogen-bond acceptors (Lipinski definition) is 2. The van der Waals surface area contributed by atoms with Gasteiger partial charge in [0.2, 0.25) is 0 Å². The predicted octanol–water partition coefficient (Wildman–Crippen LogP) is 0.684. The molecule has 9 heavy (non-hydrogen) atoms. The summed E-state index contributed by atoms with van der Waals surface area (Å²) in [6.45, 7) is 4.14. The van der Waals surface area contributed by atoms with Crippen LogP contribution in [0.5, 0.6) is 0 Å². The number of ketones is 1. The van der Waals surface area contributed by atoms with Gasteiger partial charge >= 0.3 is 0 Å². The second-order valence-corrected chi connectivity index (χ2v) is 1.43. The van der Waals surface area contributed by atoms with E-state index in [1.54, 1.807) is 0 Å². The molecule has 0 spiro atoms. The molecule has 0 unspecified atom stereocenters. The molecule has 0 atom stereocenters. The van der Waals surface area contributed by atoms with Crippen LogP contribution in [0.1, 0.15) is 20.8 Å². The van der Waals surface area contributed by atoms with Crippen molar-refractivity contribution in [1.29, 1.82) is 0 Å². The summed E-state index contributed by atoms with van der Waals surface area (Å²) in [5, 5.41) is 7.42. The van der Waals surface area contributed by atoms with Crippen molar-refractivity contribution in [2.45, 2.75) is 20.8 Å². The van der Waals surface area contributed by atoms with E-state index in [4.69, 9.17) is 9.90 Å². The molecule has 0 aliphatic rings. The number of Topliss-reactive ketones (excluding diaryl/α,β-unsaturated/α-hetero) is 1. The number of hydrogen-bond donors (Lipinski definition) is 1. The quantitative estimate of drug-likeness (QED) is 0.716. The second-order valence-electron chi connectivity index (χ2n) is 1.43. The Hall–Kier alpha value is -0.211. The van der Waals surface area contributed by atoms with Crippen molar-refractivity contribution in [2.75, 3.05) is 0 Å². The first-order valence-corrected chi connectivity index (χ1v) is 2.13. The van der Waals surface area contributed by atoms with Crippen LogP contribution in [0.25, 0.3) is 0 Å². The summed E-state index contributed by atoms with van der Waals surface area (Å²) in [7, 11) is 0. The normalized spacial score (nSPS) is 5.67. The monoisotopic (exact) mass is 311 g/mol. The number of carbonyl (C=O) groups is 2. The minimum absolute atomic E-state index is 0. The SMILES string of the molecule is CC(=O)O.CC(C)=O.[Ir]. The Labute approximate surface area is 67.8 Å². The first-order chi connectivity index (χ1) is 3.46. The minimum Gasteiger partial charge on any atom is -0.481 e. The Morgan fingerprint density at radius 3 is 1.11 bits per heavy atom. The van der Waals surface area contributed by atoms with Gasteiger partial charge in [0.15, 0.2) is 0 Å². The maximum Gasteiger partial charge on any atom is 0.300 e. The summed E-state index contributed by atoms with van der Waals surface area (Å²) in [6, 6.07) is 0. The molecule has 3 nitrogen and oxygen atoms in total. The molecule has 0 aromatic heterocycles. The molecule has 0 saturated heterocycles. The molecule has 0 rings (SSSR count).